The van der Waals surface area contributed by atoms with E-state index >= 15 is 0 Å². The Kier molecular flexibility index (Phi) is 8.44. The minimum Gasteiger partial charge on any atom is -0.478 e. The fraction of sp³-hybridized carbons (Fsp3) is 0.267. The van der Waals surface area contributed by atoms with Crippen LogP contribution in [0.3, 0.4) is 0 Å². The van der Waals surface area contributed by atoms with Crippen molar-refractivity contribution in [2.45, 2.75) is 78.6 Å². The first-order chi connectivity index (χ1) is 25.9. The molecule has 0 atom stereocenters. The molecular formula is C45H40N8O2Zn. The fourth-order valence-corrected chi connectivity index (χ4v) is 7.40. The predicted octanol–water partition coefficient (Wildman–Crippen LogP) is 9.72. The average molecular weight is 790 g/mol. The molecule has 0 fully saturated rings. The SMILES string of the molecule is CC(C)(C)c1ccc2c(c1)-c1nc-2nc2[n-]c(nc3nc(nc4[n-]c(n1)c1cc(C(C)(C)C)ccc41)-c1cc(C(=O)O)ccc1-3)c1c(C(C)(C)C)cccc21.[Zn+2]. The minimum atomic E-state index is -1.05. The molecule has 9 rings (SSSR count). The summed E-state index contributed by atoms with van der Waals surface area (Å²) in [6.45, 7) is 19.6. The second kappa shape index (κ2) is 12.7. The zero-order valence-corrected chi connectivity index (χ0v) is 36.0. The van der Waals surface area contributed by atoms with E-state index in [1.165, 1.54) is 0 Å². The third-order valence-electron chi connectivity index (χ3n) is 10.5. The number of aromatic nitrogens is 8. The molecule has 4 aromatic carbocycles. The van der Waals surface area contributed by atoms with Crippen molar-refractivity contribution in [1.29, 1.82) is 0 Å². The number of aromatic carboxylic acids is 1. The van der Waals surface area contributed by atoms with Gasteiger partial charge in [-0.2, -0.15) is 0 Å². The van der Waals surface area contributed by atoms with Crippen molar-refractivity contribution in [3.63, 3.8) is 0 Å². The Morgan fingerprint density at radius 3 is 1.61 bits per heavy atom. The Bertz CT molecular complexity index is 2980. The van der Waals surface area contributed by atoms with Gasteiger partial charge in [0.1, 0.15) is 0 Å². The molecule has 0 radical (unpaired) electrons. The van der Waals surface area contributed by atoms with Gasteiger partial charge in [-0.15, -0.1) is 0 Å². The molecule has 1 N–H and O–H groups in total. The van der Waals surface area contributed by atoms with Gasteiger partial charge in [0.05, 0.1) is 28.9 Å². The van der Waals surface area contributed by atoms with E-state index in [4.69, 9.17) is 39.9 Å². The minimum absolute atomic E-state index is 0. The van der Waals surface area contributed by atoms with Crippen molar-refractivity contribution in [3.8, 4) is 45.6 Å². The monoisotopic (exact) mass is 788 g/mol. The van der Waals surface area contributed by atoms with Crippen LogP contribution in [0, 0.1) is 0 Å². The molecule has 5 heterocycles. The van der Waals surface area contributed by atoms with E-state index in [0.717, 1.165) is 49.4 Å². The standard InChI is InChI=1S/C45H41N8O2.Zn/c1-43(2,3)23-14-17-26-30(20-23)39-48-34(26)46-37-28-11-10-12-32(45(7,8)9)33(28)41(53-37)52-36-25-16-13-22(42(54)55)19-29(25)38(50-36)47-35-27-18-15-24(44(4,5)6)21-31(27)40(49-35)51-39;/h10-21H,1-9H3,(H2-,46,47,48,49,50,51,52,53,54,55);/q-1;+2/p-1. The van der Waals surface area contributed by atoms with Gasteiger partial charge in [0, 0.05) is 44.8 Å². The maximum atomic E-state index is 12.2. The molecule has 0 saturated heterocycles. The molecule has 2 aliphatic rings. The summed E-state index contributed by atoms with van der Waals surface area (Å²) in [5, 5.41) is 13.3. The van der Waals surface area contributed by atoms with Gasteiger partial charge in [-0.1, -0.05) is 111 Å². The second-order valence-corrected chi connectivity index (χ2v) is 17.5. The fourth-order valence-electron chi connectivity index (χ4n) is 7.40. The van der Waals surface area contributed by atoms with E-state index in [9.17, 15) is 9.90 Å². The van der Waals surface area contributed by atoms with Crippen LogP contribution in [0.25, 0.3) is 89.7 Å². The molecule has 0 unspecified atom stereocenters. The third-order valence-corrected chi connectivity index (χ3v) is 10.5. The normalized spacial score (nSPS) is 12.7. The molecule has 0 saturated carbocycles. The van der Waals surface area contributed by atoms with Crippen molar-refractivity contribution >= 4 is 50.1 Å². The van der Waals surface area contributed by atoms with Crippen LogP contribution in [0.4, 0.5) is 0 Å². The summed E-state index contributed by atoms with van der Waals surface area (Å²) in [6, 6.07) is 23.6. The molecule has 274 valence electrons. The quantitative estimate of drug-likeness (QED) is 0.160. The van der Waals surface area contributed by atoms with Crippen LogP contribution in [-0.4, -0.2) is 41.0 Å². The van der Waals surface area contributed by atoms with Gasteiger partial charge in [-0.3, -0.25) is 0 Å². The zero-order valence-electron chi connectivity index (χ0n) is 33.1. The number of hydrogen-bond donors (Lipinski definition) is 1. The van der Waals surface area contributed by atoms with E-state index in [1.54, 1.807) is 18.2 Å². The number of carbonyl (C=O) groups is 1. The molecule has 7 aromatic rings. The number of rotatable bonds is 1. The molecule has 0 aliphatic carbocycles. The van der Waals surface area contributed by atoms with Gasteiger partial charge in [0.15, 0.2) is 0 Å². The number of carboxylic acids is 1. The summed E-state index contributed by atoms with van der Waals surface area (Å²) in [5.41, 5.74) is 7.69. The smallest absolute Gasteiger partial charge is 0.478 e. The Morgan fingerprint density at radius 1 is 0.500 bits per heavy atom. The van der Waals surface area contributed by atoms with E-state index in [1.807, 2.05) is 18.2 Å². The van der Waals surface area contributed by atoms with Crippen LogP contribution in [0.2, 0.25) is 0 Å². The van der Waals surface area contributed by atoms with Crippen LogP contribution in [0.1, 0.15) is 89.4 Å². The van der Waals surface area contributed by atoms with Crippen molar-refractivity contribution < 1.29 is 29.4 Å². The van der Waals surface area contributed by atoms with Gasteiger partial charge in [0.25, 0.3) is 0 Å². The maximum Gasteiger partial charge on any atom is 2.00 e. The number of carboxylic acid groups (broad SMARTS) is 1. The Labute approximate surface area is 337 Å². The summed E-state index contributed by atoms with van der Waals surface area (Å²) in [6.07, 6.45) is 0. The van der Waals surface area contributed by atoms with E-state index in [-0.39, 0.29) is 41.3 Å². The molecule has 10 nitrogen and oxygen atoms in total. The van der Waals surface area contributed by atoms with Crippen LogP contribution in [0.15, 0.2) is 72.8 Å². The molecule has 8 bridgehead atoms. The van der Waals surface area contributed by atoms with E-state index < -0.39 is 5.97 Å². The summed E-state index contributed by atoms with van der Waals surface area (Å²) in [5.74, 6) is 0.634. The second-order valence-electron chi connectivity index (χ2n) is 17.5. The van der Waals surface area contributed by atoms with E-state index in [0.29, 0.717) is 57.0 Å². The van der Waals surface area contributed by atoms with Crippen molar-refractivity contribution in [2.24, 2.45) is 0 Å². The van der Waals surface area contributed by atoms with Gasteiger partial charge < -0.3 is 35.0 Å². The zero-order chi connectivity index (χ0) is 38.8. The summed E-state index contributed by atoms with van der Waals surface area (Å²) >= 11 is 0. The summed E-state index contributed by atoms with van der Waals surface area (Å²) in [7, 11) is 0. The largest absolute Gasteiger partial charge is 2.00 e. The molecule has 3 aromatic heterocycles. The van der Waals surface area contributed by atoms with Crippen LogP contribution < -0.4 is 9.97 Å². The molecule has 2 aliphatic heterocycles. The summed E-state index contributed by atoms with van der Waals surface area (Å²) in [4.78, 5) is 52.9. The Morgan fingerprint density at radius 2 is 1.00 bits per heavy atom. The van der Waals surface area contributed by atoms with Crippen LogP contribution >= 0.6 is 0 Å². The van der Waals surface area contributed by atoms with Gasteiger partial charge >= 0.3 is 25.4 Å². The maximum absolute atomic E-state index is 12.2. The van der Waals surface area contributed by atoms with E-state index in [2.05, 4.69) is 98.7 Å². The summed E-state index contributed by atoms with van der Waals surface area (Å²) < 4.78 is 0. The van der Waals surface area contributed by atoms with Gasteiger partial charge in [-0.05, 0) is 78.7 Å². The number of benzene rings is 4. The molecule has 0 amide bonds. The third kappa shape index (κ3) is 6.09. The first-order valence-electron chi connectivity index (χ1n) is 18.5. The molecule has 11 heteroatoms. The molecule has 0 spiro atoms. The number of hydrogen-bond acceptors (Lipinski definition) is 7. The predicted molar refractivity (Wildman–Crippen MR) is 217 cm³/mol. The van der Waals surface area contributed by atoms with Crippen LogP contribution in [-0.2, 0) is 35.7 Å². The van der Waals surface area contributed by atoms with Crippen molar-refractivity contribution in [3.05, 3.63) is 95.1 Å². The molecular weight excluding hydrogens is 750 g/mol. The number of nitrogens with zero attached hydrogens (tertiary/aromatic N) is 8. The first kappa shape index (κ1) is 37.3. The van der Waals surface area contributed by atoms with Gasteiger partial charge in [0.2, 0.25) is 0 Å². The number of fused-ring (bicyclic) bond motifs is 20. The van der Waals surface area contributed by atoms with Crippen LogP contribution in [0.5, 0.6) is 0 Å². The Balaban J connectivity index is 0.00000441. The topological polar surface area (TPSA) is 143 Å². The molecule has 56 heavy (non-hydrogen) atoms. The Hall–Kier alpha value is -5.67. The first-order valence-corrected chi connectivity index (χ1v) is 18.5. The van der Waals surface area contributed by atoms with Gasteiger partial charge in [-0.25, -0.2) is 14.8 Å². The average Bonchev–Trinajstić information content (AvgIpc) is 3.85. The van der Waals surface area contributed by atoms with Crippen molar-refractivity contribution in [2.75, 3.05) is 0 Å². The van der Waals surface area contributed by atoms with Crippen molar-refractivity contribution in [1.82, 2.24) is 39.9 Å².